The van der Waals surface area contributed by atoms with Gasteiger partial charge in [0.2, 0.25) is 6.29 Å². The summed E-state index contributed by atoms with van der Waals surface area (Å²) in [5.41, 5.74) is 0. The molecule has 17 heavy (non-hydrogen) atoms. The second-order valence-electron chi connectivity index (χ2n) is 4.06. The summed E-state index contributed by atoms with van der Waals surface area (Å²) < 4.78 is 27.5. The molecule has 0 aliphatic carbocycles. The van der Waals surface area contributed by atoms with Gasteiger partial charge in [-0.2, -0.15) is 8.42 Å². The summed E-state index contributed by atoms with van der Waals surface area (Å²) in [5, 5.41) is -1.12. The molecule has 4 nitrogen and oxygen atoms in total. The van der Waals surface area contributed by atoms with Crippen LogP contribution < -0.4 is 0 Å². The molecule has 0 aromatic heterocycles. The summed E-state index contributed by atoms with van der Waals surface area (Å²) in [4.78, 5) is 10.6. The Labute approximate surface area is 105 Å². The smallest absolute Gasteiger partial charge is 0.277 e. The Bertz CT molecular complexity index is 285. The van der Waals surface area contributed by atoms with Crippen LogP contribution in [0, 0.1) is 0 Å². The van der Waals surface area contributed by atoms with E-state index in [0.29, 0.717) is 6.42 Å². The van der Waals surface area contributed by atoms with Crippen LogP contribution >= 0.6 is 0 Å². The van der Waals surface area contributed by atoms with E-state index in [2.05, 4.69) is 11.1 Å². The first-order valence-electron chi connectivity index (χ1n) is 6.34. The van der Waals surface area contributed by atoms with E-state index in [1.165, 1.54) is 19.3 Å². The number of carbonyl (C=O) groups excluding carboxylic acids is 1. The lowest BCUT2D eigenvalue weighted by Gasteiger charge is -2.09. The minimum Gasteiger partial charge on any atom is -0.289 e. The lowest BCUT2D eigenvalue weighted by Crippen LogP contribution is -2.25. The molecule has 0 saturated carbocycles. The molecule has 0 amide bonds. The fourth-order valence-electron chi connectivity index (χ4n) is 1.62. The molecular formula is C12H23O4S. The van der Waals surface area contributed by atoms with E-state index in [1.807, 2.05) is 0 Å². The van der Waals surface area contributed by atoms with Gasteiger partial charge in [-0.25, -0.2) is 0 Å². The highest BCUT2D eigenvalue weighted by Crippen LogP contribution is 2.13. The maximum atomic E-state index is 11.4. The monoisotopic (exact) mass is 263 g/mol. The van der Waals surface area contributed by atoms with Gasteiger partial charge in [0.25, 0.3) is 10.1 Å². The summed E-state index contributed by atoms with van der Waals surface area (Å²) in [6.45, 7) is 3.80. The van der Waals surface area contributed by atoms with Gasteiger partial charge in [0.05, 0.1) is 6.61 Å². The first kappa shape index (κ1) is 16.6. The van der Waals surface area contributed by atoms with E-state index in [0.717, 1.165) is 19.3 Å². The van der Waals surface area contributed by atoms with Crippen molar-refractivity contribution in [1.29, 1.82) is 0 Å². The normalized spacial score (nSPS) is 13.5. The first-order chi connectivity index (χ1) is 8.08. The van der Waals surface area contributed by atoms with Gasteiger partial charge >= 0.3 is 0 Å². The summed E-state index contributed by atoms with van der Waals surface area (Å²) in [6.07, 6.45) is 8.23. The van der Waals surface area contributed by atoms with Gasteiger partial charge in [-0.05, 0) is 13.3 Å². The molecule has 1 unspecified atom stereocenters. The molecule has 0 spiro atoms. The third kappa shape index (κ3) is 7.49. The molecule has 0 rings (SSSR count). The Kier molecular flexibility index (Phi) is 9.36. The van der Waals surface area contributed by atoms with Crippen molar-refractivity contribution in [3.63, 3.8) is 0 Å². The first-order valence-corrected chi connectivity index (χ1v) is 7.81. The van der Waals surface area contributed by atoms with Crippen molar-refractivity contribution >= 4 is 16.4 Å². The lowest BCUT2D eigenvalue weighted by atomic mass is 10.1. The predicted molar refractivity (Wildman–Crippen MR) is 68.0 cm³/mol. The predicted octanol–water partition coefficient (Wildman–Crippen LogP) is 2.58. The van der Waals surface area contributed by atoms with E-state index in [4.69, 9.17) is 0 Å². The third-order valence-corrected chi connectivity index (χ3v) is 4.17. The Morgan fingerprint density at radius 3 is 2.18 bits per heavy atom. The molecule has 1 radical (unpaired) electrons. The molecule has 0 heterocycles. The maximum Gasteiger partial charge on any atom is 0.277 e. The van der Waals surface area contributed by atoms with Crippen molar-refractivity contribution in [2.75, 3.05) is 6.61 Å². The van der Waals surface area contributed by atoms with Gasteiger partial charge in [0.1, 0.15) is 0 Å². The second-order valence-corrected chi connectivity index (χ2v) is 5.85. The van der Waals surface area contributed by atoms with Gasteiger partial charge in [-0.3, -0.25) is 8.98 Å². The molecule has 0 bridgehead atoms. The summed E-state index contributed by atoms with van der Waals surface area (Å²) in [5.74, 6) is 0. The van der Waals surface area contributed by atoms with Crippen LogP contribution in [0.1, 0.15) is 58.8 Å². The van der Waals surface area contributed by atoms with Gasteiger partial charge < -0.3 is 0 Å². The molecule has 5 heteroatoms. The zero-order valence-corrected chi connectivity index (χ0v) is 11.6. The molecule has 0 fully saturated rings. The molecular weight excluding hydrogens is 240 g/mol. The molecule has 0 N–H and O–H groups in total. The topological polar surface area (TPSA) is 60.4 Å². The molecule has 1 atom stereocenters. The van der Waals surface area contributed by atoms with E-state index in [-0.39, 0.29) is 6.61 Å². The average molecular weight is 263 g/mol. The number of rotatable bonds is 11. The van der Waals surface area contributed by atoms with E-state index in [9.17, 15) is 13.2 Å². The van der Waals surface area contributed by atoms with Crippen LogP contribution in [0.15, 0.2) is 0 Å². The Balaban J connectivity index is 3.87. The summed E-state index contributed by atoms with van der Waals surface area (Å²) >= 11 is 0. The van der Waals surface area contributed by atoms with Crippen molar-refractivity contribution in [2.45, 2.75) is 64.0 Å². The van der Waals surface area contributed by atoms with Crippen molar-refractivity contribution < 1.29 is 17.4 Å². The fourth-order valence-corrected chi connectivity index (χ4v) is 2.68. The number of unbranched alkanes of at least 4 members (excludes halogenated alkanes) is 5. The maximum absolute atomic E-state index is 11.4. The molecule has 0 aromatic rings. The number of hydrogen-bond acceptors (Lipinski definition) is 4. The third-order valence-electron chi connectivity index (χ3n) is 2.58. The Morgan fingerprint density at radius 2 is 1.65 bits per heavy atom. The van der Waals surface area contributed by atoms with E-state index >= 15 is 0 Å². The van der Waals surface area contributed by atoms with Gasteiger partial charge in [-0.15, -0.1) is 0 Å². The SMILES string of the molecule is CCCCCCCCC([C]=O)S(=O)(=O)OCC. The molecule has 0 aliphatic rings. The van der Waals surface area contributed by atoms with Gasteiger partial charge in [0, 0.05) is 0 Å². The highest BCUT2D eigenvalue weighted by atomic mass is 32.2. The second kappa shape index (κ2) is 9.59. The van der Waals surface area contributed by atoms with Crippen LogP contribution in [0.3, 0.4) is 0 Å². The standard InChI is InChI=1S/C12H23O4S/c1-3-5-6-7-8-9-10-12(11-13)17(14,15)16-4-2/h12H,3-10H2,1-2H3. The Morgan fingerprint density at radius 1 is 1.06 bits per heavy atom. The van der Waals surface area contributed by atoms with Crippen LogP contribution in [0.4, 0.5) is 0 Å². The van der Waals surface area contributed by atoms with Gasteiger partial charge in [-0.1, -0.05) is 45.4 Å². The van der Waals surface area contributed by atoms with Crippen molar-refractivity contribution in [1.82, 2.24) is 0 Å². The zero-order chi connectivity index (χ0) is 13.1. The van der Waals surface area contributed by atoms with Gasteiger partial charge in [0.15, 0.2) is 5.25 Å². The Hall–Kier alpha value is -0.420. The highest BCUT2D eigenvalue weighted by Gasteiger charge is 2.25. The van der Waals surface area contributed by atoms with Crippen molar-refractivity contribution in [3.05, 3.63) is 0 Å². The van der Waals surface area contributed by atoms with Crippen LogP contribution in [-0.4, -0.2) is 26.6 Å². The van der Waals surface area contributed by atoms with Crippen LogP contribution in [0.2, 0.25) is 0 Å². The quantitative estimate of drug-likeness (QED) is 0.424. The number of hydrogen-bond donors (Lipinski definition) is 0. The van der Waals surface area contributed by atoms with Crippen molar-refractivity contribution in [3.8, 4) is 0 Å². The minimum atomic E-state index is -3.74. The summed E-state index contributed by atoms with van der Waals surface area (Å²) in [6, 6.07) is 0. The lowest BCUT2D eigenvalue weighted by molar-refractivity contribution is 0.332. The largest absolute Gasteiger partial charge is 0.289 e. The van der Waals surface area contributed by atoms with E-state index in [1.54, 1.807) is 13.2 Å². The zero-order valence-electron chi connectivity index (χ0n) is 10.8. The van der Waals surface area contributed by atoms with Crippen LogP contribution in [0.25, 0.3) is 0 Å². The summed E-state index contributed by atoms with van der Waals surface area (Å²) in [7, 11) is -3.74. The van der Waals surface area contributed by atoms with Crippen molar-refractivity contribution in [2.24, 2.45) is 0 Å². The van der Waals surface area contributed by atoms with E-state index < -0.39 is 15.4 Å². The molecule has 0 saturated heterocycles. The molecule has 0 aliphatic heterocycles. The fraction of sp³-hybridized carbons (Fsp3) is 0.917. The van der Waals surface area contributed by atoms with Crippen LogP contribution in [0.5, 0.6) is 0 Å². The molecule has 0 aromatic carbocycles. The average Bonchev–Trinajstić information content (AvgIpc) is 2.27. The van der Waals surface area contributed by atoms with Crippen LogP contribution in [-0.2, 0) is 19.1 Å². The minimum absolute atomic E-state index is 0.0665. The highest BCUT2D eigenvalue weighted by molar-refractivity contribution is 7.88. The molecule has 101 valence electrons.